The van der Waals surface area contributed by atoms with Gasteiger partial charge in [0, 0.05) is 54.6 Å². The van der Waals surface area contributed by atoms with Crippen molar-refractivity contribution in [1.29, 1.82) is 0 Å². The molecule has 35 heavy (non-hydrogen) atoms. The second-order valence-corrected chi connectivity index (χ2v) is 10.4. The Morgan fingerprint density at radius 2 is 1.97 bits per heavy atom. The number of hydrogen-bond acceptors (Lipinski definition) is 7. The zero-order chi connectivity index (χ0) is 23.8. The molecule has 3 aliphatic rings. The molecule has 0 saturated heterocycles. The molecule has 2 N–H and O–H groups in total. The highest BCUT2D eigenvalue weighted by Crippen LogP contribution is 2.50. The van der Waals surface area contributed by atoms with Crippen molar-refractivity contribution in [3.63, 3.8) is 0 Å². The number of nitrogens with zero attached hydrogens (tertiary/aromatic N) is 6. The van der Waals surface area contributed by atoms with E-state index in [0.29, 0.717) is 34.8 Å². The summed E-state index contributed by atoms with van der Waals surface area (Å²) in [6.45, 7) is 6.56. The minimum atomic E-state index is -0.124. The molecule has 0 radical (unpaired) electrons. The Morgan fingerprint density at radius 3 is 2.74 bits per heavy atom. The van der Waals surface area contributed by atoms with Crippen LogP contribution < -0.4 is 16.2 Å². The van der Waals surface area contributed by atoms with Gasteiger partial charge < -0.3 is 10.6 Å². The van der Waals surface area contributed by atoms with E-state index in [0.717, 1.165) is 37.4 Å². The molecule has 1 aromatic carbocycles. The van der Waals surface area contributed by atoms with Crippen LogP contribution in [-0.4, -0.2) is 35.8 Å². The van der Waals surface area contributed by atoms with E-state index in [2.05, 4.69) is 45.7 Å². The fourth-order valence-electron chi connectivity index (χ4n) is 5.37. The van der Waals surface area contributed by atoms with Crippen molar-refractivity contribution in [2.45, 2.75) is 63.5 Å². The van der Waals surface area contributed by atoms with Crippen molar-refractivity contribution >= 4 is 22.7 Å². The van der Waals surface area contributed by atoms with Crippen LogP contribution in [0.4, 0.5) is 11.6 Å². The maximum Gasteiger partial charge on any atom is 0.278 e. The summed E-state index contributed by atoms with van der Waals surface area (Å²) in [5, 5.41) is 7.39. The highest BCUT2D eigenvalue weighted by molar-refractivity contribution is 5.77. The first-order valence-electron chi connectivity index (χ1n) is 12.4. The molecule has 1 aliphatic heterocycles. The smallest absolute Gasteiger partial charge is 0.278 e. The van der Waals surface area contributed by atoms with Crippen molar-refractivity contribution in [2.75, 3.05) is 11.9 Å². The fourth-order valence-corrected chi connectivity index (χ4v) is 5.37. The Labute approximate surface area is 202 Å². The number of benzene rings is 1. The van der Waals surface area contributed by atoms with Gasteiger partial charge in [0.05, 0.1) is 0 Å². The molecule has 0 unspecified atom stereocenters. The normalized spacial score (nSPS) is 19.0. The molecular formula is C26H28N8O. The summed E-state index contributed by atoms with van der Waals surface area (Å²) in [4.78, 5) is 31.7. The van der Waals surface area contributed by atoms with Crippen LogP contribution in [0.15, 0.2) is 41.5 Å². The second-order valence-electron chi connectivity index (χ2n) is 10.4. The maximum atomic E-state index is 13.1. The summed E-state index contributed by atoms with van der Waals surface area (Å²) in [7, 11) is 0. The van der Waals surface area contributed by atoms with Crippen LogP contribution in [0.5, 0.6) is 0 Å². The lowest BCUT2D eigenvalue weighted by molar-refractivity contribution is 0.531. The number of nitrogens with one attached hydrogen (secondary N) is 2. The zero-order valence-corrected chi connectivity index (χ0v) is 20.0. The Bertz CT molecular complexity index is 1540. The summed E-state index contributed by atoms with van der Waals surface area (Å²) < 4.78 is 3.46. The number of hydrogen-bond donors (Lipinski definition) is 2. The average Bonchev–Trinajstić information content (AvgIpc) is 3.79. The van der Waals surface area contributed by atoms with E-state index in [1.54, 1.807) is 21.8 Å². The van der Waals surface area contributed by atoms with Gasteiger partial charge >= 0.3 is 0 Å². The third-order valence-electron chi connectivity index (χ3n) is 7.94. The van der Waals surface area contributed by atoms with Gasteiger partial charge in [0.1, 0.15) is 11.2 Å². The molecule has 4 aromatic rings. The van der Waals surface area contributed by atoms with Crippen molar-refractivity contribution in [1.82, 2.24) is 34.6 Å². The van der Waals surface area contributed by atoms with Gasteiger partial charge in [-0.2, -0.15) is 4.98 Å². The Kier molecular flexibility index (Phi) is 4.27. The van der Waals surface area contributed by atoms with Gasteiger partial charge in [0.15, 0.2) is 11.5 Å². The predicted octanol–water partition coefficient (Wildman–Crippen LogP) is 3.32. The highest BCUT2D eigenvalue weighted by atomic mass is 16.1. The Hall–Kier alpha value is -3.59. The van der Waals surface area contributed by atoms with Crippen LogP contribution >= 0.6 is 0 Å². The molecule has 178 valence electrons. The van der Waals surface area contributed by atoms with Gasteiger partial charge in [0.2, 0.25) is 5.95 Å². The van der Waals surface area contributed by atoms with E-state index in [9.17, 15) is 4.79 Å². The summed E-state index contributed by atoms with van der Waals surface area (Å²) >= 11 is 0. The fraction of sp³-hybridized carbons (Fsp3) is 0.423. The molecule has 2 fully saturated rings. The van der Waals surface area contributed by atoms with Crippen molar-refractivity contribution in [3.8, 4) is 5.82 Å². The van der Waals surface area contributed by atoms with Crippen LogP contribution in [0.2, 0.25) is 0 Å². The Balaban J connectivity index is 1.30. The Morgan fingerprint density at radius 1 is 1.11 bits per heavy atom. The van der Waals surface area contributed by atoms with Crippen molar-refractivity contribution < 1.29 is 0 Å². The molecule has 2 saturated carbocycles. The third kappa shape index (κ3) is 3.21. The molecule has 0 amide bonds. The van der Waals surface area contributed by atoms with Gasteiger partial charge in [0.25, 0.3) is 5.56 Å². The van der Waals surface area contributed by atoms with E-state index >= 15 is 0 Å². The largest absolute Gasteiger partial charge is 0.324 e. The number of anilines is 2. The van der Waals surface area contributed by atoms with E-state index < -0.39 is 0 Å². The minimum absolute atomic E-state index is 0.0261. The first-order chi connectivity index (χ1) is 17.0. The molecule has 2 aliphatic carbocycles. The van der Waals surface area contributed by atoms with Gasteiger partial charge in [-0.15, -0.1) is 0 Å². The number of fused-ring (bicyclic) bond motifs is 3. The van der Waals surface area contributed by atoms with Crippen LogP contribution in [-0.2, 0) is 23.9 Å². The maximum absolute atomic E-state index is 13.1. The van der Waals surface area contributed by atoms with Gasteiger partial charge in [-0.3, -0.25) is 4.79 Å². The van der Waals surface area contributed by atoms with E-state index in [1.807, 2.05) is 13.0 Å². The standard InChI is InChI=1S/C26H28N8O/c1-3-33-22(35)18-14-29-24(30-17-4-5-19-16(12-17)13-27-15-26(19)9-10-26)32-21(18)34(33)20-6-11-28-23(31-20)25(2)7-8-25/h4-6,11-12,14,27H,3,7-10,13,15H2,1-2H3,(H,29,30,32). The lowest BCUT2D eigenvalue weighted by atomic mass is 9.88. The highest BCUT2D eigenvalue weighted by Gasteiger charge is 2.46. The molecule has 9 heteroatoms. The minimum Gasteiger partial charge on any atom is -0.324 e. The monoisotopic (exact) mass is 468 g/mol. The van der Waals surface area contributed by atoms with Crippen LogP contribution in [0.3, 0.4) is 0 Å². The average molecular weight is 469 g/mol. The molecule has 0 atom stereocenters. The van der Waals surface area contributed by atoms with Crippen molar-refractivity contribution in [3.05, 3.63) is 64.0 Å². The molecule has 0 bridgehead atoms. The van der Waals surface area contributed by atoms with E-state index in [1.165, 1.54) is 24.0 Å². The van der Waals surface area contributed by atoms with Gasteiger partial charge in [-0.1, -0.05) is 13.0 Å². The summed E-state index contributed by atoms with van der Waals surface area (Å²) in [5.74, 6) is 1.92. The van der Waals surface area contributed by atoms with Crippen molar-refractivity contribution in [2.24, 2.45) is 0 Å². The first-order valence-corrected chi connectivity index (χ1v) is 12.4. The zero-order valence-electron chi connectivity index (χ0n) is 20.0. The van der Waals surface area contributed by atoms with Gasteiger partial charge in [-0.05, 0) is 55.9 Å². The van der Waals surface area contributed by atoms with Gasteiger partial charge in [-0.25, -0.2) is 24.3 Å². The first kappa shape index (κ1) is 20.8. The molecule has 9 nitrogen and oxygen atoms in total. The van der Waals surface area contributed by atoms with E-state index in [-0.39, 0.29) is 11.0 Å². The van der Waals surface area contributed by atoms with Crippen LogP contribution in [0.1, 0.15) is 56.5 Å². The lowest BCUT2D eigenvalue weighted by Gasteiger charge is -2.26. The summed E-state index contributed by atoms with van der Waals surface area (Å²) in [6.07, 6.45) is 8.06. The van der Waals surface area contributed by atoms with E-state index in [4.69, 9.17) is 9.97 Å². The number of rotatable bonds is 5. The number of aromatic nitrogens is 6. The molecule has 1 spiro atoms. The molecule has 3 aromatic heterocycles. The predicted molar refractivity (Wildman–Crippen MR) is 133 cm³/mol. The lowest BCUT2D eigenvalue weighted by Crippen LogP contribution is -2.33. The van der Waals surface area contributed by atoms with Crippen LogP contribution in [0.25, 0.3) is 16.9 Å². The summed E-state index contributed by atoms with van der Waals surface area (Å²) in [6, 6.07) is 8.37. The molecule has 4 heterocycles. The second kappa shape index (κ2) is 7.21. The molecular weight excluding hydrogens is 440 g/mol. The molecule has 7 rings (SSSR count). The third-order valence-corrected chi connectivity index (χ3v) is 7.94. The quantitative estimate of drug-likeness (QED) is 0.463. The van der Waals surface area contributed by atoms with Crippen LogP contribution in [0, 0.1) is 0 Å². The topological polar surface area (TPSA) is 103 Å². The SMILES string of the molecule is CCn1c(=O)c2cnc(Nc3ccc4c(c3)CNCC43CC3)nc2n1-c1ccnc(C2(C)CC2)n1. The summed E-state index contributed by atoms with van der Waals surface area (Å²) in [5.41, 5.74) is 4.52.